The Hall–Kier alpha value is -2.84. The molecule has 2 unspecified atom stereocenters. The number of hydrogen-bond acceptors (Lipinski definition) is 3. The molecule has 5 heteroatoms. The molecule has 0 bridgehead atoms. The van der Waals surface area contributed by atoms with Gasteiger partial charge in [0.05, 0.1) is 6.10 Å². The standard InChI is InChI=1S/C21H23N3O2/c25-20-9-4-6-17(14-20)15-23-21(26)24-19-8-3-5-16(13-19)10-11-18-7-1-2-12-22-18/h1-3,5,7-8,12-13,17,20,25H,4,6,9,14-15H2,(H2,23,24,26). The maximum absolute atomic E-state index is 12.1. The zero-order chi connectivity index (χ0) is 18.2. The van der Waals surface area contributed by atoms with E-state index in [0.29, 0.717) is 23.8 Å². The number of aromatic nitrogens is 1. The zero-order valence-electron chi connectivity index (χ0n) is 14.6. The lowest BCUT2D eigenvalue weighted by molar-refractivity contribution is 0.101. The van der Waals surface area contributed by atoms with Crippen LogP contribution in [-0.2, 0) is 0 Å². The Balaban J connectivity index is 1.53. The third kappa shape index (κ3) is 5.61. The number of aliphatic hydroxyl groups excluding tert-OH is 1. The number of nitrogens with one attached hydrogen (secondary N) is 2. The number of urea groups is 1. The smallest absolute Gasteiger partial charge is 0.319 e. The minimum atomic E-state index is -0.236. The third-order valence-corrected chi connectivity index (χ3v) is 4.43. The Morgan fingerprint density at radius 2 is 2.12 bits per heavy atom. The third-order valence-electron chi connectivity index (χ3n) is 4.43. The van der Waals surface area contributed by atoms with Gasteiger partial charge in [-0.15, -0.1) is 0 Å². The van der Waals surface area contributed by atoms with E-state index in [2.05, 4.69) is 27.5 Å². The predicted molar refractivity (Wildman–Crippen MR) is 102 cm³/mol. The van der Waals surface area contributed by atoms with E-state index >= 15 is 0 Å². The van der Waals surface area contributed by atoms with Crippen molar-refractivity contribution in [1.82, 2.24) is 10.3 Å². The van der Waals surface area contributed by atoms with Crippen LogP contribution in [0.2, 0.25) is 0 Å². The molecule has 134 valence electrons. The van der Waals surface area contributed by atoms with Crippen molar-refractivity contribution in [3.05, 3.63) is 59.9 Å². The van der Waals surface area contributed by atoms with E-state index in [-0.39, 0.29) is 12.1 Å². The van der Waals surface area contributed by atoms with Gasteiger partial charge < -0.3 is 15.7 Å². The van der Waals surface area contributed by atoms with Crippen LogP contribution in [0.3, 0.4) is 0 Å². The van der Waals surface area contributed by atoms with Crippen LogP contribution in [-0.4, -0.2) is 28.8 Å². The van der Waals surface area contributed by atoms with Crippen molar-refractivity contribution in [2.45, 2.75) is 31.8 Å². The van der Waals surface area contributed by atoms with Crippen LogP contribution in [0.5, 0.6) is 0 Å². The first-order valence-corrected chi connectivity index (χ1v) is 8.95. The topological polar surface area (TPSA) is 74.2 Å². The van der Waals surface area contributed by atoms with Gasteiger partial charge in [-0.2, -0.15) is 0 Å². The van der Waals surface area contributed by atoms with Gasteiger partial charge in [0.15, 0.2) is 0 Å². The van der Waals surface area contributed by atoms with Gasteiger partial charge in [-0.1, -0.05) is 24.5 Å². The van der Waals surface area contributed by atoms with Gasteiger partial charge in [0.1, 0.15) is 5.69 Å². The Labute approximate surface area is 153 Å². The molecule has 1 aliphatic carbocycles. The highest BCUT2D eigenvalue weighted by molar-refractivity contribution is 5.89. The van der Waals surface area contributed by atoms with E-state index in [1.807, 2.05) is 42.5 Å². The Morgan fingerprint density at radius 3 is 2.92 bits per heavy atom. The SMILES string of the molecule is O=C(NCC1CCCC(O)C1)Nc1cccc(C#Cc2ccccn2)c1. The average molecular weight is 349 g/mol. The van der Waals surface area contributed by atoms with Gasteiger partial charge in [0.2, 0.25) is 0 Å². The normalized spacial score (nSPS) is 19.1. The number of carbonyl (C=O) groups excluding carboxylic acids is 1. The first-order valence-electron chi connectivity index (χ1n) is 8.95. The molecule has 1 aliphatic rings. The van der Waals surface area contributed by atoms with Crippen LogP contribution in [0.4, 0.5) is 10.5 Å². The molecule has 2 atom stereocenters. The summed E-state index contributed by atoms with van der Waals surface area (Å²) in [5.41, 5.74) is 2.21. The molecule has 0 spiro atoms. The minimum absolute atomic E-state index is 0.229. The highest BCUT2D eigenvalue weighted by Gasteiger charge is 2.20. The van der Waals surface area contributed by atoms with Gasteiger partial charge in [-0.3, -0.25) is 0 Å². The molecular formula is C21H23N3O2. The number of aliphatic hydroxyl groups is 1. The zero-order valence-corrected chi connectivity index (χ0v) is 14.6. The Morgan fingerprint density at radius 1 is 1.19 bits per heavy atom. The first-order chi connectivity index (χ1) is 12.7. The van der Waals surface area contributed by atoms with Crippen LogP contribution in [0.25, 0.3) is 0 Å². The molecule has 1 aromatic carbocycles. The summed E-state index contributed by atoms with van der Waals surface area (Å²) in [7, 11) is 0. The molecule has 0 aliphatic heterocycles. The number of pyridine rings is 1. The van der Waals surface area contributed by atoms with Crippen molar-refractivity contribution < 1.29 is 9.90 Å². The van der Waals surface area contributed by atoms with Crippen molar-refractivity contribution in [2.24, 2.45) is 5.92 Å². The summed E-state index contributed by atoms with van der Waals surface area (Å²) >= 11 is 0. The minimum Gasteiger partial charge on any atom is -0.393 e. The Kier molecular flexibility index (Phi) is 6.24. The van der Waals surface area contributed by atoms with Gasteiger partial charge in [0, 0.05) is 24.0 Å². The predicted octanol–water partition coefficient (Wildman–Crippen LogP) is 3.15. The van der Waals surface area contributed by atoms with Crippen LogP contribution >= 0.6 is 0 Å². The summed E-state index contributed by atoms with van der Waals surface area (Å²) in [6.45, 7) is 0.585. The van der Waals surface area contributed by atoms with E-state index in [1.54, 1.807) is 6.20 Å². The number of nitrogens with zero attached hydrogens (tertiary/aromatic N) is 1. The van der Waals surface area contributed by atoms with Crippen LogP contribution in [0.1, 0.15) is 36.9 Å². The number of rotatable bonds is 3. The molecule has 0 radical (unpaired) electrons. The lowest BCUT2D eigenvalue weighted by Gasteiger charge is -2.25. The quantitative estimate of drug-likeness (QED) is 0.745. The van der Waals surface area contributed by atoms with Gasteiger partial charge in [-0.05, 0) is 61.4 Å². The molecule has 0 saturated heterocycles. The number of amides is 2. The van der Waals surface area contributed by atoms with Crippen molar-refractivity contribution in [1.29, 1.82) is 0 Å². The monoisotopic (exact) mass is 349 g/mol. The summed E-state index contributed by atoms with van der Waals surface area (Å²) in [6, 6.07) is 12.8. The summed E-state index contributed by atoms with van der Waals surface area (Å²) in [5, 5.41) is 15.4. The number of anilines is 1. The molecule has 2 aromatic rings. The van der Waals surface area contributed by atoms with Crippen LogP contribution < -0.4 is 10.6 Å². The number of benzene rings is 1. The molecular weight excluding hydrogens is 326 g/mol. The summed E-state index contributed by atoms with van der Waals surface area (Å²) in [6.07, 6.45) is 5.18. The summed E-state index contributed by atoms with van der Waals surface area (Å²) < 4.78 is 0. The molecule has 1 heterocycles. The molecule has 3 N–H and O–H groups in total. The van der Waals surface area contributed by atoms with Crippen molar-refractivity contribution in [3.63, 3.8) is 0 Å². The number of carbonyl (C=O) groups is 1. The molecule has 5 nitrogen and oxygen atoms in total. The highest BCUT2D eigenvalue weighted by Crippen LogP contribution is 2.23. The maximum Gasteiger partial charge on any atom is 0.319 e. The van der Waals surface area contributed by atoms with Crippen LogP contribution in [0.15, 0.2) is 48.7 Å². The fraction of sp³-hybridized carbons (Fsp3) is 0.333. The second kappa shape index (κ2) is 9.02. The molecule has 3 rings (SSSR count). The van der Waals surface area contributed by atoms with Gasteiger partial charge in [0.25, 0.3) is 0 Å². The van der Waals surface area contributed by atoms with Crippen LogP contribution in [0, 0.1) is 17.8 Å². The molecule has 1 fully saturated rings. The van der Waals surface area contributed by atoms with Crippen molar-refractivity contribution in [2.75, 3.05) is 11.9 Å². The second-order valence-electron chi connectivity index (χ2n) is 6.57. The Bertz CT molecular complexity index is 796. The summed E-state index contributed by atoms with van der Waals surface area (Å²) in [4.78, 5) is 16.3. The van der Waals surface area contributed by atoms with E-state index in [4.69, 9.17) is 0 Å². The highest BCUT2D eigenvalue weighted by atomic mass is 16.3. The first kappa shape index (κ1) is 18.0. The molecule has 1 aromatic heterocycles. The van der Waals surface area contributed by atoms with Gasteiger partial charge >= 0.3 is 6.03 Å². The number of hydrogen-bond donors (Lipinski definition) is 3. The van der Waals surface area contributed by atoms with E-state index in [0.717, 1.165) is 31.2 Å². The lowest BCUT2D eigenvalue weighted by Crippen LogP contribution is -2.35. The maximum atomic E-state index is 12.1. The second-order valence-corrected chi connectivity index (χ2v) is 6.57. The largest absolute Gasteiger partial charge is 0.393 e. The van der Waals surface area contributed by atoms with Gasteiger partial charge in [-0.25, -0.2) is 9.78 Å². The molecule has 1 saturated carbocycles. The average Bonchev–Trinajstić information content (AvgIpc) is 2.66. The van der Waals surface area contributed by atoms with Crippen molar-refractivity contribution in [3.8, 4) is 11.8 Å². The molecule has 2 amide bonds. The fourth-order valence-electron chi connectivity index (χ4n) is 3.11. The summed E-state index contributed by atoms with van der Waals surface area (Å²) in [5.74, 6) is 6.40. The van der Waals surface area contributed by atoms with Crippen molar-refractivity contribution >= 4 is 11.7 Å². The fourth-order valence-corrected chi connectivity index (χ4v) is 3.11. The van der Waals surface area contributed by atoms with E-state index < -0.39 is 0 Å². The van der Waals surface area contributed by atoms with E-state index in [1.165, 1.54) is 0 Å². The van der Waals surface area contributed by atoms with E-state index in [9.17, 15) is 9.90 Å². The molecule has 26 heavy (non-hydrogen) atoms. The lowest BCUT2D eigenvalue weighted by atomic mass is 9.87.